The lowest BCUT2D eigenvalue weighted by Gasteiger charge is -2.21. The number of hydrogen-bond donors (Lipinski definition) is 0. The number of nitrogens with zero attached hydrogens (tertiary/aromatic N) is 3. The quantitative estimate of drug-likeness (QED) is 0.861. The van der Waals surface area contributed by atoms with E-state index in [1.807, 2.05) is 35.4 Å². The number of carbonyl (C=O) groups is 1. The average molecular weight is 337 g/mol. The van der Waals surface area contributed by atoms with Crippen molar-refractivity contribution in [2.45, 2.75) is 19.3 Å². The standard InChI is InChI=1S/C20H23N3O2/c1-25-19-5-3-2-4-17(19)20(24)23-12-15-7-6-14(18(15)13-23)10-16-11-21-8-9-22-16/h2-5,8-9,11,14-15,18H,6-7,10,12-13H2,1H3/t14-,15-,18-/m1/s1. The highest BCUT2D eigenvalue weighted by molar-refractivity contribution is 5.97. The van der Waals surface area contributed by atoms with Crippen LogP contribution in [0.1, 0.15) is 28.9 Å². The van der Waals surface area contributed by atoms with Gasteiger partial charge in [-0.1, -0.05) is 12.1 Å². The summed E-state index contributed by atoms with van der Waals surface area (Å²) in [5, 5.41) is 0. The van der Waals surface area contributed by atoms with Gasteiger partial charge in [0.15, 0.2) is 0 Å². The Morgan fingerprint density at radius 2 is 2.12 bits per heavy atom. The highest BCUT2D eigenvalue weighted by Gasteiger charge is 2.44. The first-order valence-corrected chi connectivity index (χ1v) is 8.93. The van der Waals surface area contributed by atoms with Crippen molar-refractivity contribution >= 4 is 5.91 Å². The molecule has 3 atom stereocenters. The number of amides is 1. The molecule has 130 valence electrons. The van der Waals surface area contributed by atoms with Gasteiger partial charge in [-0.3, -0.25) is 14.8 Å². The molecule has 25 heavy (non-hydrogen) atoms. The first-order valence-electron chi connectivity index (χ1n) is 8.93. The minimum atomic E-state index is 0.0881. The van der Waals surface area contributed by atoms with Gasteiger partial charge in [0.2, 0.25) is 0 Å². The van der Waals surface area contributed by atoms with Gasteiger partial charge in [-0.2, -0.15) is 0 Å². The summed E-state index contributed by atoms with van der Waals surface area (Å²) < 4.78 is 5.36. The normalized spacial score (nSPS) is 25.0. The van der Waals surface area contributed by atoms with E-state index in [1.54, 1.807) is 19.5 Å². The molecule has 1 aromatic heterocycles. The largest absolute Gasteiger partial charge is 0.496 e. The summed E-state index contributed by atoms with van der Waals surface area (Å²) in [5.41, 5.74) is 1.72. The number of aromatic nitrogens is 2. The van der Waals surface area contributed by atoms with Crippen LogP contribution >= 0.6 is 0 Å². The second-order valence-corrected chi connectivity index (χ2v) is 7.07. The highest BCUT2D eigenvalue weighted by atomic mass is 16.5. The summed E-state index contributed by atoms with van der Waals surface area (Å²) in [6, 6.07) is 7.49. The van der Waals surface area contributed by atoms with Crippen molar-refractivity contribution in [1.29, 1.82) is 0 Å². The number of methoxy groups -OCH3 is 1. The van der Waals surface area contributed by atoms with Crippen molar-refractivity contribution in [2.24, 2.45) is 17.8 Å². The Kier molecular flexibility index (Phi) is 4.38. The summed E-state index contributed by atoms with van der Waals surface area (Å²) in [5.74, 6) is 2.52. The van der Waals surface area contributed by atoms with Gasteiger partial charge in [0.25, 0.3) is 5.91 Å². The van der Waals surface area contributed by atoms with Gasteiger partial charge in [-0.05, 0) is 49.1 Å². The van der Waals surface area contributed by atoms with E-state index in [0.29, 0.717) is 29.1 Å². The zero-order valence-electron chi connectivity index (χ0n) is 14.5. The van der Waals surface area contributed by atoms with Crippen LogP contribution in [0.5, 0.6) is 5.75 Å². The lowest BCUT2D eigenvalue weighted by Crippen LogP contribution is -2.30. The number of hydrogen-bond acceptors (Lipinski definition) is 4. The summed E-state index contributed by atoms with van der Waals surface area (Å²) in [6.07, 6.45) is 8.72. The molecule has 0 unspecified atom stereocenters. The molecule has 2 fully saturated rings. The molecule has 2 aliphatic rings. The number of para-hydroxylation sites is 1. The summed E-state index contributed by atoms with van der Waals surface area (Å²) >= 11 is 0. The molecule has 4 rings (SSSR count). The van der Waals surface area contributed by atoms with E-state index in [1.165, 1.54) is 12.8 Å². The molecular weight excluding hydrogens is 314 g/mol. The minimum absolute atomic E-state index is 0.0881. The van der Waals surface area contributed by atoms with Crippen LogP contribution < -0.4 is 4.74 Å². The first-order chi connectivity index (χ1) is 12.3. The fraction of sp³-hybridized carbons (Fsp3) is 0.450. The monoisotopic (exact) mass is 337 g/mol. The van der Waals surface area contributed by atoms with Crippen LogP contribution in [-0.4, -0.2) is 41.0 Å². The molecule has 1 saturated heterocycles. The van der Waals surface area contributed by atoms with Crippen molar-refractivity contribution in [3.63, 3.8) is 0 Å². The third-order valence-electron chi connectivity index (χ3n) is 5.72. The number of fused-ring (bicyclic) bond motifs is 1. The predicted molar refractivity (Wildman–Crippen MR) is 94.3 cm³/mol. The molecular formula is C20H23N3O2. The topological polar surface area (TPSA) is 55.3 Å². The van der Waals surface area contributed by atoms with Crippen LogP contribution in [0, 0.1) is 17.8 Å². The van der Waals surface area contributed by atoms with E-state index in [4.69, 9.17) is 4.74 Å². The Bertz CT molecular complexity index is 750. The van der Waals surface area contributed by atoms with E-state index in [-0.39, 0.29) is 5.91 Å². The molecule has 1 aliphatic heterocycles. The van der Waals surface area contributed by atoms with Gasteiger partial charge >= 0.3 is 0 Å². The second kappa shape index (κ2) is 6.82. The fourth-order valence-electron chi connectivity index (χ4n) is 4.49. The van der Waals surface area contributed by atoms with E-state index in [9.17, 15) is 4.79 Å². The van der Waals surface area contributed by atoms with E-state index in [0.717, 1.165) is 25.2 Å². The Morgan fingerprint density at radius 1 is 1.24 bits per heavy atom. The average Bonchev–Trinajstić information content (AvgIpc) is 3.24. The molecule has 0 spiro atoms. The fourth-order valence-corrected chi connectivity index (χ4v) is 4.49. The van der Waals surface area contributed by atoms with Crippen LogP contribution in [0.2, 0.25) is 0 Å². The molecule has 0 bridgehead atoms. The van der Waals surface area contributed by atoms with Crippen LogP contribution in [-0.2, 0) is 6.42 Å². The van der Waals surface area contributed by atoms with Crippen LogP contribution in [0.4, 0.5) is 0 Å². The van der Waals surface area contributed by atoms with Gasteiger partial charge in [0.1, 0.15) is 5.75 Å². The van der Waals surface area contributed by atoms with E-state index >= 15 is 0 Å². The van der Waals surface area contributed by atoms with Gasteiger partial charge < -0.3 is 9.64 Å². The first kappa shape index (κ1) is 16.1. The number of carbonyl (C=O) groups excluding carboxylic acids is 1. The van der Waals surface area contributed by atoms with Crippen molar-refractivity contribution in [1.82, 2.24) is 14.9 Å². The van der Waals surface area contributed by atoms with Crippen molar-refractivity contribution < 1.29 is 9.53 Å². The number of ether oxygens (including phenoxy) is 1. The van der Waals surface area contributed by atoms with Crippen molar-refractivity contribution in [2.75, 3.05) is 20.2 Å². The molecule has 5 nitrogen and oxygen atoms in total. The summed E-state index contributed by atoms with van der Waals surface area (Å²) in [7, 11) is 1.61. The lowest BCUT2D eigenvalue weighted by atomic mass is 9.89. The maximum Gasteiger partial charge on any atom is 0.257 e. The van der Waals surface area contributed by atoms with Gasteiger partial charge in [-0.15, -0.1) is 0 Å². The lowest BCUT2D eigenvalue weighted by molar-refractivity contribution is 0.0773. The van der Waals surface area contributed by atoms with E-state index < -0.39 is 0 Å². The van der Waals surface area contributed by atoms with Gasteiger partial charge in [0, 0.05) is 31.7 Å². The molecule has 5 heteroatoms. The van der Waals surface area contributed by atoms with Gasteiger partial charge in [0.05, 0.1) is 18.4 Å². The highest BCUT2D eigenvalue weighted by Crippen LogP contribution is 2.44. The van der Waals surface area contributed by atoms with E-state index in [2.05, 4.69) is 9.97 Å². The zero-order valence-corrected chi connectivity index (χ0v) is 14.5. The van der Waals surface area contributed by atoms with Crippen LogP contribution in [0.25, 0.3) is 0 Å². The SMILES string of the molecule is COc1ccccc1C(=O)N1C[C@H]2CC[C@H](Cc3cnccn3)[C@H]2C1. The molecule has 0 N–H and O–H groups in total. The molecule has 2 aromatic rings. The van der Waals surface area contributed by atoms with Crippen LogP contribution in [0.15, 0.2) is 42.9 Å². The molecule has 2 heterocycles. The maximum absolute atomic E-state index is 12.9. The zero-order chi connectivity index (χ0) is 17.2. The summed E-state index contributed by atoms with van der Waals surface area (Å²) in [4.78, 5) is 23.6. The Balaban J connectivity index is 1.46. The summed E-state index contributed by atoms with van der Waals surface area (Å²) in [6.45, 7) is 1.70. The third-order valence-corrected chi connectivity index (χ3v) is 5.72. The molecule has 0 radical (unpaired) electrons. The Labute approximate surface area is 148 Å². The predicted octanol–water partition coefficient (Wildman–Crippen LogP) is 2.83. The maximum atomic E-state index is 12.9. The Morgan fingerprint density at radius 3 is 2.92 bits per heavy atom. The second-order valence-electron chi connectivity index (χ2n) is 7.07. The van der Waals surface area contributed by atoms with Crippen LogP contribution in [0.3, 0.4) is 0 Å². The number of likely N-dealkylation sites (tertiary alicyclic amines) is 1. The number of rotatable bonds is 4. The molecule has 1 aliphatic carbocycles. The Hall–Kier alpha value is -2.43. The number of benzene rings is 1. The van der Waals surface area contributed by atoms with Gasteiger partial charge in [-0.25, -0.2) is 0 Å². The minimum Gasteiger partial charge on any atom is -0.496 e. The van der Waals surface area contributed by atoms with Crippen molar-refractivity contribution in [3.05, 3.63) is 54.1 Å². The molecule has 1 aromatic carbocycles. The third kappa shape index (κ3) is 3.11. The molecule has 1 saturated carbocycles. The molecule has 1 amide bonds. The smallest absolute Gasteiger partial charge is 0.257 e. The van der Waals surface area contributed by atoms with Crippen molar-refractivity contribution in [3.8, 4) is 5.75 Å².